The van der Waals surface area contributed by atoms with E-state index in [1.165, 1.54) is 12.7 Å². The van der Waals surface area contributed by atoms with Crippen molar-refractivity contribution in [3.05, 3.63) is 219 Å². The fourth-order valence-corrected chi connectivity index (χ4v) is 18.3. The lowest BCUT2D eigenvalue weighted by Gasteiger charge is -2.30. The summed E-state index contributed by atoms with van der Waals surface area (Å²) in [5.41, 5.74) is 11.5. The number of esters is 1. The number of alkyl carbamates (subject to hydrolysis) is 4. The summed E-state index contributed by atoms with van der Waals surface area (Å²) in [6.45, 7) is 11.6. The van der Waals surface area contributed by atoms with Crippen LogP contribution in [0.3, 0.4) is 0 Å². The van der Waals surface area contributed by atoms with E-state index in [1.807, 2.05) is 149 Å². The maximum atomic E-state index is 13.2. The minimum atomic E-state index is -4.16. The molecular weight excluding hydrogens is 1810 g/mol. The molecule has 0 atom stereocenters. The summed E-state index contributed by atoms with van der Waals surface area (Å²) in [6, 6.07) is 52.3. The maximum absolute atomic E-state index is 13.2. The number of aliphatic hydroxyl groups excluding tert-OH is 1. The third kappa shape index (κ3) is 42.6. The lowest BCUT2D eigenvalue weighted by molar-refractivity contribution is -0.147. The molecule has 0 aliphatic heterocycles. The van der Waals surface area contributed by atoms with Gasteiger partial charge in [-0.2, -0.15) is 26.3 Å². The largest absolute Gasteiger partial charge is 0.481 e. The molecule has 8 aromatic rings. The Morgan fingerprint density at radius 2 is 0.848 bits per heavy atom. The number of carbonyl (C=O) groups is 6. The van der Waals surface area contributed by atoms with Crippen molar-refractivity contribution in [1.29, 1.82) is 0 Å². The molecule has 0 bridgehead atoms. The lowest BCUT2D eigenvalue weighted by Crippen LogP contribution is -2.39. The summed E-state index contributed by atoms with van der Waals surface area (Å²) in [5.74, 6) is 0.441. The number of aliphatic hydroxyl groups is 1. The molecule has 3 aromatic heterocycles. The van der Waals surface area contributed by atoms with E-state index in [-0.39, 0.29) is 117 Å². The zero-order valence-corrected chi connectivity index (χ0v) is 81.0. The topological polar surface area (TPSA) is 376 Å². The summed E-state index contributed by atoms with van der Waals surface area (Å²) in [6.07, 6.45) is 12.4. The molecular formula is C103H142F6N10O18Si. The van der Waals surface area contributed by atoms with Gasteiger partial charge in [-0.15, -0.1) is 0 Å². The Labute approximate surface area is 805 Å². The number of nitrogens with zero attached hydrogens (tertiary/aromatic N) is 3. The van der Waals surface area contributed by atoms with E-state index in [4.69, 9.17) is 53.8 Å². The van der Waals surface area contributed by atoms with Crippen molar-refractivity contribution < 1.29 is 103 Å². The van der Waals surface area contributed by atoms with Gasteiger partial charge in [0, 0.05) is 95.1 Å². The Hall–Kier alpha value is -10.7. The molecule has 0 spiro atoms. The van der Waals surface area contributed by atoms with Gasteiger partial charge in [0.2, 0.25) is 0 Å². The quantitative estimate of drug-likeness (QED) is 0.00606. The zero-order valence-electron chi connectivity index (χ0n) is 80.0. The molecule has 35 heteroatoms. The van der Waals surface area contributed by atoms with E-state index in [9.17, 15) is 64.7 Å². The second kappa shape index (κ2) is 59.0. The monoisotopic (exact) mass is 1950 g/mol. The predicted molar refractivity (Wildman–Crippen MR) is 517 cm³/mol. The molecule has 0 radical (unpaired) electrons. The highest BCUT2D eigenvalue weighted by Crippen LogP contribution is 2.36. The smallest absolute Gasteiger partial charge is 0.407 e. The van der Waals surface area contributed by atoms with Crippen LogP contribution in [-0.4, -0.2) is 170 Å². The number of rotatable bonds is 33. The molecule has 10 N–H and O–H groups in total. The van der Waals surface area contributed by atoms with Gasteiger partial charge in [-0.05, 0) is 224 Å². The van der Waals surface area contributed by atoms with Gasteiger partial charge < -0.3 is 85.0 Å². The molecule has 6 aliphatic rings. The minimum Gasteiger partial charge on any atom is -0.481 e. The Morgan fingerprint density at radius 3 is 1.23 bits per heavy atom. The standard InChI is InChI=1S/C29H39N5O3Si.C18H24F3NO3.C16H21NO4.C15H19NO4.C15H21NO3.C10H18F3NO/c1-38(2,3)16-15-37-20-33-14-13-24-26-25(19-31-27(24)33)28(35)32-29(36)34(26)23-11-9-22(10-12-23)18-30-17-21-7-5-4-6-8-21;19-18(20,21)10-11-24-12-15-6-8-16(9-7-15)22-17(23)25-13-14-4-2-1-3-5-14;1-20-15(18)13-7-9-14(10-8-13)17-16(19)21-11-12-5-3-2-4-6-12;17-14(18)12-6-8-13(9-7-12)16-15(19)20-10-11-4-2-1-3-5-11;17-10-12-6-8-14(9-7-12)16-15(18)19-11-13-4-2-1-3-5-13;11-10(12,13)5-6-15-7-8-1-3-9(14)4-2-8/h4-8,13-14,19,22-23,30H,9-12,15-18,20H2,1-3H3,(H,32,35,36);1-5,15-16H,6-13H2,(H,22,23);2-6,13-14H,7-11H2,1H3,(H,17,19);1-5,12-13H,6-10H2,(H,16,19)(H,17,18);1-5,12,14,17H,6-11H2,(H,16,18);8-9H,1-7,14H2. The summed E-state index contributed by atoms with van der Waals surface area (Å²) in [5, 5.41) is 34.2. The van der Waals surface area contributed by atoms with Crippen LogP contribution in [0, 0.1) is 35.5 Å². The van der Waals surface area contributed by atoms with Crippen molar-refractivity contribution in [2.24, 2.45) is 41.2 Å². The van der Waals surface area contributed by atoms with Gasteiger partial charge in [-0.3, -0.25) is 23.9 Å². The Morgan fingerprint density at radius 1 is 0.471 bits per heavy atom. The number of alkyl halides is 6. The van der Waals surface area contributed by atoms with Gasteiger partial charge in [0.1, 0.15) is 38.8 Å². The van der Waals surface area contributed by atoms with E-state index in [0.29, 0.717) is 80.9 Å². The molecule has 3 heterocycles. The summed E-state index contributed by atoms with van der Waals surface area (Å²) < 4.78 is 117. The fraction of sp³-hybridized carbons (Fsp3) is 0.563. The van der Waals surface area contributed by atoms with Crippen molar-refractivity contribution in [3.8, 4) is 0 Å². The third-order valence-electron chi connectivity index (χ3n) is 25.8. The highest BCUT2D eigenvalue weighted by Gasteiger charge is 2.34. The average molecular weight is 1950 g/mol. The number of nitrogens with one attached hydrogen (secondary N) is 6. The SMILES string of the molecule is COC(=O)C1CCC(NC(=O)OCc2ccccc2)CC1.C[Si](C)(C)CCOCn1ccc2c1ncc1c(=O)[nH]c(=O)n(C3CCC(CNCc4ccccc4)CC3)c12.NC1CCC(COCCC(F)(F)F)CC1.O=C(NC1CCC(C(=O)O)CC1)OCc1ccccc1.O=C(NC1CCC(CO)CC1)OCc1ccccc1.O=C(NC1CCC(COCCC(F)(F)F)CC1)OCc1ccccc1. The number of aromatic amines is 1. The number of carbonyl (C=O) groups excluding carboxylic acids is 5. The number of aliphatic carboxylic acids is 1. The molecule has 138 heavy (non-hydrogen) atoms. The van der Waals surface area contributed by atoms with Crippen LogP contribution in [-0.2, 0) is 87.2 Å². The Bertz CT molecular complexity index is 4980. The first-order valence-corrected chi connectivity index (χ1v) is 52.3. The van der Waals surface area contributed by atoms with Gasteiger partial charge in [0.15, 0.2) is 0 Å². The number of carboxylic acids is 1. The van der Waals surface area contributed by atoms with Gasteiger partial charge in [-0.25, -0.2) is 29.0 Å². The normalized spacial score (nSPS) is 21.5. The number of carboxylic acid groups (broad SMARTS) is 1. The van der Waals surface area contributed by atoms with E-state index >= 15 is 0 Å². The molecule has 6 saturated carbocycles. The Kier molecular flexibility index (Phi) is 47.4. The fourth-order valence-electron chi connectivity index (χ4n) is 17.5. The highest BCUT2D eigenvalue weighted by molar-refractivity contribution is 6.76. The zero-order chi connectivity index (χ0) is 99.1. The molecule has 4 amide bonds. The van der Waals surface area contributed by atoms with Crippen molar-refractivity contribution in [2.45, 2.75) is 281 Å². The number of halogens is 6. The molecule has 758 valence electrons. The Balaban J connectivity index is 0.000000191. The number of nitrogens with two attached hydrogens (primary N) is 1. The summed E-state index contributed by atoms with van der Waals surface area (Å²) in [7, 11) is 0.243. The van der Waals surface area contributed by atoms with Crippen molar-refractivity contribution in [1.82, 2.24) is 45.7 Å². The number of fused-ring (bicyclic) bond motifs is 3. The maximum Gasteiger partial charge on any atom is 0.407 e. The number of H-pyrrole nitrogens is 1. The molecule has 28 nitrogen and oxygen atoms in total. The number of hydrogen-bond donors (Lipinski definition) is 9. The molecule has 6 fully saturated rings. The number of methoxy groups -OCH3 is 1. The van der Waals surface area contributed by atoms with Crippen LogP contribution in [0.15, 0.2) is 180 Å². The highest BCUT2D eigenvalue weighted by atomic mass is 28.3. The van der Waals surface area contributed by atoms with Gasteiger partial charge in [-0.1, -0.05) is 171 Å². The molecule has 0 unspecified atom stereocenters. The van der Waals surface area contributed by atoms with Crippen LogP contribution >= 0.6 is 0 Å². The summed E-state index contributed by atoms with van der Waals surface area (Å²) >= 11 is 0. The first-order valence-electron chi connectivity index (χ1n) is 48.6. The first-order chi connectivity index (χ1) is 66.3. The van der Waals surface area contributed by atoms with Crippen LogP contribution in [0.5, 0.6) is 0 Å². The molecule has 0 saturated heterocycles. The van der Waals surface area contributed by atoms with Gasteiger partial charge >= 0.3 is 54.4 Å². The lowest BCUT2D eigenvalue weighted by atomic mass is 9.85. The van der Waals surface area contributed by atoms with Crippen molar-refractivity contribution in [2.75, 3.05) is 53.3 Å². The second-order valence-corrected chi connectivity index (χ2v) is 43.5. The van der Waals surface area contributed by atoms with E-state index in [0.717, 1.165) is 187 Å². The van der Waals surface area contributed by atoms with E-state index < -0.39 is 57.5 Å². The number of amides is 4. The van der Waals surface area contributed by atoms with Crippen LogP contribution in [0.2, 0.25) is 25.7 Å². The van der Waals surface area contributed by atoms with E-state index in [1.54, 1.807) is 6.20 Å². The third-order valence-corrected chi connectivity index (χ3v) is 27.5. The number of benzene rings is 5. The molecule has 6 aliphatic carbocycles. The van der Waals surface area contributed by atoms with Gasteiger partial charge in [0.05, 0.1) is 55.9 Å². The van der Waals surface area contributed by atoms with Crippen LogP contribution in [0.25, 0.3) is 21.9 Å². The summed E-state index contributed by atoms with van der Waals surface area (Å²) in [4.78, 5) is 102. The number of hydrogen-bond acceptors (Lipinski definition) is 20. The van der Waals surface area contributed by atoms with Crippen molar-refractivity contribution in [3.63, 3.8) is 0 Å². The van der Waals surface area contributed by atoms with Crippen molar-refractivity contribution >= 4 is 66.3 Å². The van der Waals surface area contributed by atoms with Crippen LogP contribution in [0.4, 0.5) is 45.5 Å². The second-order valence-electron chi connectivity index (χ2n) is 37.9. The average Bonchev–Trinajstić information content (AvgIpc) is 1.49. The van der Waals surface area contributed by atoms with Crippen LogP contribution in [0.1, 0.15) is 201 Å². The van der Waals surface area contributed by atoms with Gasteiger partial charge in [0.25, 0.3) is 5.56 Å². The number of aromatic nitrogens is 4. The van der Waals surface area contributed by atoms with E-state index in [2.05, 4.69) is 80.5 Å². The number of pyridine rings is 1. The predicted octanol–water partition coefficient (Wildman–Crippen LogP) is 19.5. The minimum absolute atomic E-state index is 0.0221. The number of ether oxygens (including phenoxy) is 8. The van der Waals surface area contributed by atoms with Crippen LogP contribution < -0.4 is 43.6 Å². The molecule has 14 rings (SSSR count). The molecule has 5 aromatic carbocycles. The first kappa shape index (κ1) is 111.